The van der Waals surface area contributed by atoms with Crippen molar-refractivity contribution in [1.29, 1.82) is 15.8 Å². The minimum atomic E-state index is -0.505. The first-order valence-corrected chi connectivity index (χ1v) is 4.61. The zero-order chi connectivity index (χ0) is 11.6. The van der Waals surface area contributed by atoms with E-state index in [-0.39, 0.29) is 17.3 Å². The van der Waals surface area contributed by atoms with Crippen LogP contribution in [0.3, 0.4) is 0 Å². The Morgan fingerprint density at radius 1 is 1.27 bits per heavy atom. The third-order valence-electron chi connectivity index (χ3n) is 2.86. The van der Waals surface area contributed by atoms with E-state index >= 15 is 0 Å². The standard InChI is InChI=1S/C11H11N3O/c1-7-9(6-14)10(8(4-12)5-13)15-11(7,2)3/h7,9H,1-3H3. The van der Waals surface area contributed by atoms with Gasteiger partial charge in [-0.3, -0.25) is 0 Å². The van der Waals surface area contributed by atoms with Gasteiger partial charge in [0.2, 0.25) is 0 Å². The summed E-state index contributed by atoms with van der Waals surface area (Å²) >= 11 is 0. The lowest BCUT2D eigenvalue weighted by atomic mass is 9.84. The van der Waals surface area contributed by atoms with Crippen LogP contribution in [0.4, 0.5) is 0 Å². The van der Waals surface area contributed by atoms with Crippen molar-refractivity contribution in [2.45, 2.75) is 26.4 Å². The van der Waals surface area contributed by atoms with Crippen molar-refractivity contribution in [2.75, 3.05) is 0 Å². The predicted molar refractivity (Wildman–Crippen MR) is 51.7 cm³/mol. The summed E-state index contributed by atoms with van der Waals surface area (Å²) in [5, 5.41) is 26.5. The predicted octanol–water partition coefficient (Wildman–Crippen LogP) is 1.87. The van der Waals surface area contributed by atoms with Gasteiger partial charge in [0.1, 0.15) is 29.4 Å². The largest absolute Gasteiger partial charge is 0.488 e. The molecular weight excluding hydrogens is 190 g/mol. The van der Waals surface area contributed by atoms with E-state index in [9.17, 15) is 0 Å². The van der Waals surface area contributed by atoms with Crippen LogP contribution in [0.1, 0.15) is 20.8 Å². The molecular formula is C11H11N3O. The Morgan fingerprint density at radius 3 is 2.20 bits per heavy atom. The van der Waals surface area contributed by atoms with E-state index in [1.807, 2.05) is 20.8 Å². The van der Waals surface area contributed by atoms with E-state index < -0.39 is 11.5 Å². The molecule has 0 aromatic rings. The summed E-state index contributed by atoms with van der Waals surface area (Å²) in [6, 6.07) is 5.60. The van der Waals surface area contributed by atoms with Gasteiger partial charge in [-0.05, 0) is 13.8 Å². The molecule has 1 rings (SSSR count). The molecule has 0 aromatic carbocycles. The lowest BCUT2D eigenvalue weighted by Crippen LogP contribution is -2.26. The quantitative estimate of drug-likeness (QED) is 0.560. The minimum Gasteiger partial charge on any atom is -0.488 e. The lowest BCUT2D eigenvalue weighted by Gasteiger charge is -2.22. The van der Waals surface area contributed by atoms with Gasteiger partial charge in [0.05, 0.1) is 6.07 Å². The maximum atomic E-state index is 9.00. The highest BCUT2D eigenvalue weighted by Crippen LogP contribution is 2.43. The van der Waals surface area contributed by atoms with Crippen LogP contribution >= 0.6 is 0 Å². The van der Waals surface area contributed by atoms with Gasteiger partial charge in [0, 0.05) is 5.92 Å². The Hall–Kier alpha value is -1.99. The van der Waals surface area contributed by atoms with E-state index in [1.54, 1.807) is 12.1 Å². The molecule has 0 saturated carbocycles. The van der Waals surface area contributed by atoms with Crippen LogP contribution in [-0.4, -0.2) is 5.60 Å². The summed E-state index contributed by atoms with van der Waals surface area (Å²) in [6.07, 6.45) is 0. The first-order valence-electron chi connectivity index (χ1n) is 4.61. The van der Waals surface area contributed by atoms with Crippen molar-refractivity contribution in [3.63, 3.8) is 0 Å². The average Bonchev–Trinajstić information content (AvgIpc) is 2.40. The van der Waals surface area contributed by atoms with Crippen LogP contribution in [0.15, 0.2) is 11.3 Å². The smallest absolute Gasteiger partial charge is 0.168 e. The molecule has 0 N–H and O–H groups in total. The van der Waals surface area contributed by atoms with Crippen LogP contribution in [0.25, 0.3) is 0 Å². The fourth-order valence-corrected chi connectivity index (χ4v) is 1.58. The van der Waals surface area contributed by atoms with Gasteiger partial charge in [0.25, 0.3) is 0 Å². The molecule has 2 atom stereocenters. The SMILES string of the molecule is CC1C(C#N)C(=C(C#N)C#N)OC1(C)C. The number of hydrogen-bond acceptors (Lipinski definition) is 4. The van der Waals surface area contributed by atoms with Crippen LogP contribution in [0.2, 0.25) is 0 Å². The monoisotopic (exact) mass is 201 g/mol. The second kappa shape index (κ2) is 3.64. The van der Waals surface area contributed by atoms with E-state index in [2.05, 4.69) is 6.07 Å². The fourth-order valence-electron chi connectivity index (χ4n) is 1.58. The van der Waals surface area contributed by atoms with Gasteiger partial charge in [-0.1, -0.05) is 6.92 Å². The number of rotatable bonds is 0. The molecule has 0 radical (unpaired) electrons. The van der Waals surface area contributed by atoms with Crippen molar-refractivity contribution in [1.82, 2.24) is 0 Å². The van der Waals surface area contributed by atoms with Gasteiger partial charge >= 0.3 is 0 Å². The second-order valence-corrected chi connectivity index (χ2v) is 4.06. The first-order chi connectivity index (χ1) is 6.97. The molecule has 76 valence electrons. The number of nitriles is 3. The highest BCUT2D eigenvalue weighted by molar-refractivity contribution is 5.42. The molecule has 0 spiro atoms. The molecule has 2 unspecified atom stereocenters. The van der Waals surface area contributed by atoms with Crippen LogP contribution < -0.4 is 0 Å². The molecule has 1 fully saturated rings. The number of nitrogens with zero attached hydrogens (tertiary/aromatic N) is 3. The topological polar surface area (TPSA) is 80.6 Å². The molecule has 0 aliphatic carbocycles. The number of hydrogen-bond donors (Lipinski definition) is 0. The number of allylic oxidation sites excluding steroid dienone is 2. The summed E-state index contributed by atoms with van der Waals surface area (Å²) in [7, 11) is 0. The maximum absolute atomic E-state index is 9.00. The molecule has 1 heterocycles. The van der Waals surface area contributed by atoms with Crippen LogP contribution in [-0.2, 0) is 4.74 Å². The van der Waals surface area contributed by atoms with Crippen molar-refractivity contribution in [3.05, 3.63) is 11.3 Å². The number of ether oxygens (including phenoxy) is 1. The summed E-state index contributed by atoms with van der Waals surface area (Å²) in [5.41, 5.74) is -0.603. The van der Waals surface area contributed by atoms with Crippen molar-refractivity contribution in [2.24, 2.45) is 11.8 Å². The molecule has 1 aliphatic rings. The van der Waals surface area contributed by atoms with Crippen LogP contribution in [0, 0.1) is 45.8 Å². The first kappa shape index (κ1) is 11.1. The second-order valence-electron chi connectivity index (χ2n) is 4.06. The zero-order valence-electron chi connectivity index (χ0n) is 8.90. The van der Waals surface area contributed by atoms with Crippen LogP contribution in [0.5, 0.6) is 0 Å². The van der Waals surface area contributed by atoms with E-state index in [1.165, 1.54) is 0 Å². The molecule has 4 nitrogen and oxygen atoms in total. The molecule has 4 heteroatoms. The Kier molecular flexibility index (Phi) is 2.69. The zero-order valence-corrected chi connectivity index (χ0v) is 8.90. The van der Waals surface area contributed by atoms with Gasteiger partial charge < -0.3 is 4.74 Å². The third kappa shape index (κ3) is 1.65. The van der Waals surface area contributed by atoms with E-state index in [0.29, 0.717) is 0 Å². The highest BCUT2D eigenvalue weighted by atomic mass is 16.5. The van der Waals surface area contributed by atoms with E-state index in [4.69, 9.17) is 20.5 Å². The van der Waals surface area contributed by atoms with E-state index in [0.717, 1.165) is 0 Å². The van der Waals surface area contributed by atoms with Gasteiger partial charge in [-0.25, -0.2) is 0 Å². The molecule has 0 aromatic heterocycles. The average molecular weight is 201 g/mol. The Bertz CT molecular complexity index is 412. The summed E-state index contributed by atoms with van der Waals surface area (Å²) in [5.74, 6) is -0.316. The van der Waals surface area contributed by atoms with Gasteiger partial charge in [-0.2, -0.15) is 15.8 Å². The highest BCUT2D eigenvalue weighted by Gasteiger charge is 2.46. The lowest BCUT2D eigenvalue weighted by molar-refractivity contribution is 0.0470. The third-order valence-corrected chi connectivity index (χ3v) is 2.86. The molecule has 0 amide bonds. The molecule has 0 bridgehead atoms. The van der Waals surface area contributed by atoms with Gasteiger partial charge in [0.15, 0.2) is 5.57 Å². The minimum absolute atomic E-state index is 0.0331. The van der Waals surface area contributed by atoms with Crippen molar-refractivity contribution in [3.8, 4) is 18.2 Å². The van der Waals surface area contributed by atoms with Crippen molar-refractivity contribution >= 4 is 0 Å². The normalized spacial score (nSPS) is 27.1. The van der Waals surface area contributed by atoms with Crippen molar-refractivity contribution < 1.29 is 4.74 Å². The molecule has 15 heavy (non-hydrogen) atoms. The van der Waals surface area contributed by atoms with Gasteiger partial charge in [-0.15, -0.1) is 0 Å². The summed E-state index contributed by atoms with van der Waals surface area (Å²) in [6.45, 7) is 5.58. The summed E-state index contributed by atoms with van der Waals surface area (Å²) in [4.78, 5) is 0. The molecule has 1 aliphatic heterocycles. The Morgan fingerprint density at radius 2 is 1.80 bits per heavy atom. The maximum Gasteiger partial charge on any atom is 0.168 e. The Labute approximate surface area is 89.0 Å². The fraction of sp³-hybridized carbons (Fsp3) is 0.545. The summed E-state index contributed by atoms with van der Waals surface area (Å²) < 4.78 is 5.52. The molecule has 1 saturated heterocycles. The Balaban J connectivity index is 3.28.